The number of hydrogen-bond donors (Lipinski definition) is 1. The monoisotopic (exact) mass is 492 g/mol. The molecule has 1 aromatic carbocycles. The first kappa shape index (κ1) is 24.1. The second kappa shape index (κ2) is 10.1. The normalized spacial score (nSPS) is 11.4. The number of fused-ring (bicyclic) bond motifs is 1. The van der Waals surface area contributed by atoms with Crippen molar-refractivity contribution in [2.45, 2.75) is 18.2 Å². The van der Waals surface area contributed by atoms with Crippen LogP contribution in [0.15, 0.2) is 53.8 Å². The number of sulfone groups is 1. The van der Waals surface area contributed by atoms with Crippen molar-refractivity contribution >= 4 is 32.4 Å². The number of hydrogen-bond acceptors (Lipinski definition) is 9. The number of ether oxygens (including phenoxy) is 2. The topological polar surface area (TPSA) is 132 Å². The summed E-state index contributed by atoms with van der Waals surface area (Å²) in [5, 5.41) is 12.3. The highest BCUT2D eigenvalue weighted by molar-refractivity contribution is 7.91. The van der Waals surface area contributed by atoms with Gasteiger partial charge in [-0.25, -0.2) is 18.4 Å². The molecule has 3 heterocycles. The molecule has 0 amide bonds. The summed E-state index contributed by atoms with van der Waals surface area (Å²) in [4.78, 5) is 13.3. The summed E-state index contributed by atoms with van der Waals surface area (Å²) in [6.45, 7) is 2.22. The van der Waals surface area contributed by atoms with Gasteiger partial charge in [-0.15, -0.1) is 0 Å². The van der Waals surface area contributed by atoms with E-state index in [9.17, 15) is 8.42 Å². The molecule has 4 rings (SSSR count). The lowest BCUT2D eigenvalue weighted by molar-refractivity contribution is 0.199. The van der Waals surface area contributed by atoms with E-state index in [-0.39, 0.29) is 10.6 Å². The summed E-state index contributed by atoms with van der Waals surface area (Å²) in [5.74, 6) is 0.819. The Bertz CT molecular complexity index is 1510. The largest absolute Gasteiger partial charge is 0.437 e. The number of nitrogens with zero attached hydrogens (tertiary/aromatic N) is 5. The molecule has 0 aliphatic heterocycles. The molecular formula is C24H24N6O4S. The Balaban J connectivity index is 1.61. The Morgan fingerprint density at radius 1 is 1.17 bits per heavy atom. The number of aryl methyl sites for hydroxylation is 2. The molecule has 0 bridgehead atoms. The van der Waals surface area contributed by atoms with Crippen LogP contribution in [0.1, 0.15) is 17.7 Å². The highest BCUT2D eigenvalue weighted by Gasteiger charge is 2.16. The van der Waals surface area contributed by atoms with Crippen LogP contribution in [0.25, 0.3) is 11.2 Å². The molecule has 180 valence electrons. The SMILES string of the molecule is COCCCS(=O)(=O)c1ccc(Nc2cc(Oc3cnc(C#N)cc3C)nc3c2ncn3C)cc1. The second-order valence-electron chi connectivity index (χ2n) is 7.90. The number of imidazole rings is 1. The van der Waals surface area contributed by atoms with Gasteiger partial charge in [-0.2, -0.15) is 10.2 Å². The zero-order valence-electron chi connectivity index (χ0n) is 19.5. The van der Waals surface area contributed by atoms with Crippen molar-refractivity contribution in [3.8, 4) is 17.7 Å². The number of nitriles is 1. The van der Waals surface area contributed by atoms with Gasteiger partial charge in [0.05, 0.1) is 28.9 Å². The maximum Gasteiger partial charge on any atom is 0.223 e. The van der Waals surface area contributed by atoms with Crippen molar-refractivity contribution in [3.63, 3.8) is 0 Å². The fraction of sp³-hybridized carbons (Fsp3) is 0.250. The highest BCUT2D eigenvalue weighted by atomic mass is 32.2. The maximum absolute atomic E-state index is 12.5. The minimum absolute atomic E-state index is 0.0246. The van der Waals surface area contributed by atoms with Gasteiger partial charge in [0.25, 0.3) is 0 Å². The van der Waals surface area contributed by atoms with E-state index in [1.165, 1.54) is 6.20 Å². The standard InChI is InChI=1S/C24H24N6O4S/c1-16-11-18(13-25)26-14-21(16)34-22-12-20(23-24(29-22)30(2)15-27-23)28-17-5-7-19(8-6-17)35(31,32)10-4-9-33-3/h5-8,11-12,14-15H,4,9-10H2,1-3H3,(H,28,29). The van der Waals surface area contributed by atoms with Crippen molar-refractivity contribution in [3.05, 3.63) is 60.2 Å². The summed E-state index contributed by atoms with van der Waals surface area (Å²) in [6.07, 6.45) is 3.57. The molecule has 0 fully saturated rings. The molecule has 0 spiro atoms. The van der Waals surface area contributed by atoms with E-state index in [0.717, 1.165) is 5.56 Å². The molecule has 0 aliphatic carbocycles. The smallest absolute Gasteiger partial charge is 0.223 e. The van der Waals surface area contributed by atoms with Gasteiger partial charge in [0, 0.05) is 32.5 Å². The molecule has 1 N–H and O–H groups in total. The number of methoxy groups -OCH3 is 1. The molecule has 0 radical (unpaired) electrons. The molecule has 0 saturated heterocycles. The molecule has 0 atom stereocenters. The third-order valence-electron chi connectivity index (χ3n) is 5.29. The Morgan fingerprint density at radius 2 is 1.94 bits per heavy atom. The zero-order chi connectivity index (χ0) is 25.0. The van der Waals surface area contributed by atoms with E-state index in [1.54, 1.807) is 54.4 Å². The van der Waals surface area contributed by atoms with Gasteiger partial charge in [0.2, 0.25) is 5.88 Å². The van der Waals surface area contributed by atoms with E-state index >= 15 is 0 Å². The first-order chi connectivity index (χ1) is 16.8. The van der Waals surface area contributed by atoms with E-state index in [0.29, 0.717) is 52.9 Å². The Hall–Kier alpha value is -4.01. The predicted molar refractivity (Wildman–Crippen MR) is 131 cm³/mol. The van der Waals surface area contributed by atoms with Crippen LogP contribution in [-0.2, 0) is 21.6 Å². The van der Waals surface area contributed by atoms with Crippen LogP contribution < -0.4 is 10.1 Å². The van der Waals surface area contributed by atoms with E-state index in [2.05, 4.69) is 20.3 Å². The number of benzene rings is 1. The van der Waals surface area contributed by atoms with Crippen molar-refractivity contribution in [1.82, 2.24) is 19.5 Å². The number of aromatic nitrogens is 4. The molecule has 10 nitrogen and oxygen atoms in total. The fourth-order valence-corrected chi connectivity index (χ4v) is 4.74. The third-order valence-corrected chi connectivity index (χ3v) is 7.11. The van der Waals surface area contributed by atoms with Gasteiger partial charge in [0.1, 0.15) is 17.3 Å². The van der Waals surface area contributed by atoms with Gasteiger partial charge in [0.15, 0.2) is 21.2 Å². The summed E-state index contributed by atoms with van der Waals surface area (Å²) in [7, 11) is -0.0111. The molecule has 0 saturated carbocycles. The fourth-order valence-electron chi connectivity index (χ4n) is 3.46. The van der Waals surface area contributed by atoms with Gasteiger partial charge >= 0.3 is 0 Å². The number of anilines is 2. The van der Waals surface area contributed by atoms with E-state index in [4.69, 9.17) is 14.7 Å². The highest BCUT2D eigenvalue weighted by Crippen LogP contribution is 2.31. The average molecular weight is 493 g/mol. The van der Waals surface area contributed by atoms with Crippen LogP contribution in [0, 0.1) is 18.3 Å². The van der Waals surface area contributed by atoms with Crippen LogP contribution in [0.5, 0.6) is 11.6 Å². The number of rotatable bonds is 9. The average Bonchev–Trinajstić information content (AvgIpc) is 3.21. The Morgan fingerprint density at radius 3 is 2.63 bits per heavy atom. The van der Waals surface area contributed by atoms with Crippen LogP contribution in [0.2, 0.25) is 0 Å². The summed E-state index contributed by atoms with van der Waals surface area (Å²) in [5.41, 5.74) is 3.60. The van der Waals surface area contributed by atoms with Crippen LogP contribution in [0.3, 0.4) is 0 Å². The van der Waals surface area contributed by atoms with Gasteiger partial charge in [-0.05, 0) is 49.2 Å². The Kier molecular flexibility index (Phi) is 6.95. The van der Waals surface area contributed by atoms with Gasteiger partial charge < -0.3 is 19.4 Å². The van der Waals surface area contributed by atoms with Gasteiger partial charge in [-0.3, -0.25) is 0 Å². The molecule has 0 aliphatic rings. The van der Waals surface area contributed by atoms with Crippen molar-refractivity contribution in [1.29, 1.82) is 5.26 Å². The van der Waals surface area contributed by atoms with E-state index < -0.39 is 9.84 Å². The van der Waals surface area contributed by atoms with Crippen molar-refractivity contribution in [2.75, 3.05) is 24.8 Å². The summed E-state index contributed by atoms with van der Waals surface area (Å²) < 4.78 is 37.7. The quantitative estimate of drug-likeness (QED) is 0.346. The minimum Gasteiger partial charge on any atom is -0.437 e. The lowest BCUT2D eigenvalue weighted by atomic mass is 10.2. The Labute approximate surface area is 203 Å². The molecule has 4 aromatic rings. The maximum atomic E-state index is 12.5. The number of pyridine rings is 2. The van der Waals surface area contributed by atoms with E-state index in [1.807, 2.05) is 20.0 Å². The number of nitrogens with one attached hydrogen (secondary N) is 1. The molecule has 11 heteroatoms. The van der Waals surface area contributed by atoms with Gasteiger partial charge in [-0.1, -0.05) is 0 Å². The first-order valence-corrected chi connectivity index (χ1v) is 12.4. The van der Waals surface area contributed by atoms with Crippen LogP contribution in [-0.4, -0.2) is 47.4 Å². The second-order valence-corrected chi connectivity index (χ2v) is 10.0. The predicted octanol–water partition coefficient (Wildman–Crippen LogP) is 3.89. The molecule has 35 heavy (non-hydrogen) atoms. The summed E-state index contributed by atoms with van der Waals surface area (Å²) >= 11 is 0. The minimum atomic E-state index is -3.38. The van der Waals surface area contributed by atoms with Crippen LogP contribution >= 0.6 is 0 Å². The van der Waals surface area contributed by atoms with Crippen LogP contribution in [0.4, 0.5) is 11.4 Å². The molecular weight excluding hydrogens is 468 g/mol. The lowest BCUT2D eigenvalue weighted by Crippen LogP contribution is -2.09. The third kappa shape index (κ3) is 5.40. The molecule has 0 unspecified atom stereocenters. The lowest BCUT2D eigenvalue weighted by Gasteiger charge is -2.12. The molecule has 3 aromatic heterocycles. The van der Waals surface area contributed by atoms with Crippen molar-refractivity contribution < 1.29 is 17.9 Å². The first-order valence-electron chi connectivity index (χ1n) is 10.8. The zero-order valence-corrected chi connectivity index (χ0v) is 20.3. The summed E-state index contributed by atoms with van der Waals surface area (Å²) in [6, 6.07) is 11.9. The van der Waals surface area contributed by atoms with Crippen molar-refractivity contribution in [2.24, 2.45) is 7.05 Å².